The molecule has 0 amide bonds. The second kappa shape index (κ2) is 6.41. The maximum atomic E-state index is 6.07. The Kier molecular flexibility index (Phi) is 6.27. The van der Waals surface area contributed by atoms with Gasteiger partial charge >= 0.3 is 0 Å². The van der Waals surface area contributed by atoms with E-state index in [-0.39, 0.29) is 0 Å². The van der Waals surface area contributed by atoms with Gasteiger partial charge in [-0.3, -0.25) is 0 Å². The molecule has 0 aliphatic carbocycles. The zero-order chi connectivity index (χ0) is 12.8. The summed E-state index contributed by atoms with van der Waals surface area (Å²) in [6.45, 7) is 18.2. The van der Waals surface area contributed by atoms with E-state index in [9.17, 15) is 0 Å². The fraction of sp³-hybridized carbons (Fsp3) is 0.714. The molecule has 0 aromatic heterocycles. The number of rotatable bonds is 6. The first-order chi connectivity index (χ1) is 7.17. The summed E-state index contributed by atoms with van der Waals surface area (Å²) in [6, 6.07) is 0. The lowest BCUT2D eigenvalue weighted by atomic mass is 10.2. The van der Waals surface area contributed by atoms with Crippen LogP contribution in [0.1, 0.15) is 40.5 Å². The van der Waals surface area contributed by atoms with Gasteiger partial charge in [-0.25, -0.2) is 0 Å². The molecule has 16 heavy (non-hydrogen) atoms. The van der Waals surface area contributed by atoms with Gasteiger partial charge in [-0.15, -0.1) is 0 Å². The van der Waals surface area contributed by atoms with E-state index in [4.69, 9.17) is 4.43 Å². The third-order valence-corrected chi connectivity index (χ3v) is 7.72. The van der Waals surface area contributed by atoms with Crippen LogP contribution in [0.2, 0.25) is 18.1 Å². The Morgan fingerprint density at radius 3 is 2.25 bits per heavy atom. The maximum absolute atomic E-state index is 6.07. The highest BCUT2D eigenvalue weighted by atomic mass is 28.4. The molecule has 0 atom stereocenters. The summed E-state index contributed by atoms with van der Waals surface area (Å²) >= 11 is 0. The minimum absolute atomic E-state index is 0.314. The Hall–Kier alpha value is -0.343. The van der Waals surface area contributed by atoms with Crippen LogP contribution in [-0.2, 0) is 4.43 Å². The topological polar surface area (TPSA) is 9.23 Å². The fourth-order valence-electron chi connectivity index (χ4n) is 1.00. The lowest BCUT2D eigenvalue weighted by Crippen LogP contribution is -2.40. The maximum Gasteiger partial charge on any atom is 0.191 e. The van der Waals surface area contributed by atoms with Crippen LogP contribution in [-0.4, -0.2) is 14.9 Å². The zero-order valence-electron chi connectivity index (χ0n) is 11.9. The lowest BCUT2D eigenvalue weighted by molar-refractivity contribution is 0.294. The molecule has 0 saturated carbocycles. The van der Waals surface area contributed by atoms with Crippen molar-refractivity contribution in [3.8, 4) is 0 Å². The Balaban J connectivity index is 3.83. The quantitative estimate of drug-likeness (QED) is 0.364. The molecule has 1 nitrogen and oxygen atoms in total. The third-order valence-electron chi connectivity index (χ3n) is 3.19. The smallest absolute Gasteiger partial charge is 0.191 e. The summed E-state index contributed by atoms with van der Waals surface area (Å²) in [6.07, 6.45) is 6.37. The number of hydrogen-bond acceptors (Lipinski definition) is 1. The van der Waals surface area contributed by atoms with Crippen LogP contribution in [0.3, 0.4) is 0 Å². The molecule has 0 aliphatic heterocycles. The highest BCUT2D eigenvalue weighted by Gasteiger charge is 2.36. The first-order valence-corrected chi connectivity index (χ1v) is 9.01. The Morgan fingerprint density at radius 1 is 1.25 bits per heavy atom. The molecule has 0 N–H and O–H groups in total. The van der Waals surface area contributed by atoms with Gasteiger partial charge in [0.15, 0.2) is 8.32 Å². The number of hydrogen-bond donors (Lipinski definition) is 0. The van der Waals surface area contributed by atoms with Crippen LogP contribution in [0.25, 0.3) is 0 Å². The predicted molar refractivity (Wildman–Crippen MR) is 76.3 cm³/mol. The van der Waals surface area contributed by atoms with Gasteiger partial charge in [0.1, 0.15) is 0 Å². The van der Waals surface area contributed by atoms with Gasteiger partial charge in [0, 0.05) is 6.61 Å². The molecule has 0 unspecified atom stereocenters. The van der Waals surface area contributed by atoms with Gasteiger partial charge in [-0.2, -0.15) is 0 Å². The van der Waals surface area contributed by atoms with E-state index in [2.05, 4.69) is 59.5 Å². The molecule has 0 fully saturated rings. The molecule has 0 bridgehead atoms. The van der Waals surface area contributed by atoms with E-state index in [1.165, 1.54) is 5.57 Å². The molecule has 94 valence electrons. The molecule has 0 aromatic carbocycles. The highest BCUT2D eigenvalue weighted by Crippen LogP contribution is 2.36. The van der Waals surface area contributed by atoms with Gasteiger partial charge in [0.2, 0.25) is 0 Å². The summed E-state index contributed by atoms with van der Waals surface area (Å²) in [5.74, 6) is 0. The van der Waals surface area contributed by atoms with Gasteiger partial charge in [-0.1, -0.05) is 45.1 Å². The van der Waals surface area contributed by atoms with Crippen LogP contribution in [0.5, 0.6) is 0 Å². The van der Waals surface area contributed by atoms with Gasteiger partial charge < -0.3 is 4.43 Å². The van der Waals surface area contributed by atoms with E-state index >= 15 is 0 Å². The Bertz CT molecular complexity index is 246. The summed E-state index contributed by atoms with van der Waals surface area (Å²) in [4.78, 5) is 0. The molecule has 0 radical (unpaired) electrons. The fourth-order valence-corrected chi connectivity index (χ4v) is 2.06. The second-order valence-electron chi connectivity index (χ2n) is 6.03. The first-order valence-electron chi connectivity index (χ1n) is 6.10. The summed E-state index contributed by atoms with van der Waals surface area (Å²) in [7, 11) is -1.54. The van der Waals surface area contributed by atoms with Crippen LogP contribution in [0.4, 0.5) is 0 Å². The monoisotopic (exact) mass is 240 g/mol. The zero-order valence-corrected chi connectivity index (χ0v) is 12.9. The van der Waals surface area contributed by atoms with E-state index in [1.54, 1.807) is 0 Å². The number of allylic oxidation sites excluding steroid dienone is 2. The van der Waals surface area contributed by atoms with E-state index in [0.29, 0.717) is 5.04 Å². The minimum atomic E-state index is -1.54. The van der Waals surface area contributed by atoms with E-state index < -0.39 is 8.32 Å². The van der Waals surface area contributed by atoms with Crippen molar-refractivity contribution in [3.63, 3.8) is 0 Å². The average Bonchev–Trinajstić information content (AvgIpc) is 2.08. The van der Waals surface area contributed by atoms with Crippen molar-refractivity contribution in [1.29, 1.82) is 0 Å². The molecular formula is C14H28OSi. The summed E-state index contributed by atoms with van der Waals surface area (Å²) in [5, 5.41) is 0.314. The minimum Gasteiger partial charge on any atom is -0.417 e. The van der Waals surface area contributed by atoms with Crippen LogP contribution in [0.15, 0.2) is 24.3 Å². The van der Waals surface area contributed by atoms with Crippen LogP contribution >= 0.6 is 0 Å². The van der Waals surface area contributed by atoms with Crippen molar-refractivity contribution in [1.82, 2.24) is 0 Å². The Morgan fingerprint density at radius 2 is 1.81 bits per heavy atom. The summed E-state index contributed by atoms with van der Waals surface area (Å²) in [5.41, 5.74) is 1.21. The lowest BCUT2D eigenvalue weighted by Gasteiger charge is -2.36. The average molecular weight is 240 g/mol. The molecule has 2 heteroatoms. The van der Waals surface area contributed by atoms with Crippen molar-refractivity contribution in [2.75, 3.05) is 6.61 Å². The highest BCUT2D eigenvalue weighted by molar-refractivity contribution is 6.74. The molecule has 0 aromatic rings. The first kappa shape index (κ1) is 15.7. The van der Waals surface area contributed by atoms with E-state index in [0.717, 1.165) is 19.4 Å². The van der Waals surface area contributed by atoms with Crippen molar-refractivity contribution < 1.29 is 4.43 Å². The normalized spacial score (nSPS) is 13.4. The molecular weight excluding hydrogens is 212 g/mol. The second-order valence-corrected chi connectivity index (χ2v) is 10.8. The molecule has 0 heterocycles. The van der Waals surface area contributed by atoms with Crippen LogP contribution in [0, 0.1) is 0 Å². The standard InChI is InChI=1S/C14H28OSi/c1-13(2)11-9-8-10-12-15-16(6,7)14(3,4)5/h8-9H,1,10-12H2,2-7H3/b9-8+. The Labute approximate surface area is 103 Å². The van der Waals surface area contributed by atoms with Crippen molar-refractivity contribution in [3.05, 3.63) is 24.3 Å². The molecule has 0 spiro atoms. The van der Waals surface area contributed by atoms with E-state index in [1.807, 2.05) is 0 Å². The van der Waals surface area contributed by atoms with Gasteiger partial charge in [-0.05, 0) is 37.9 Å². The molecule has 0 rings (SSSR count). The molecule has 0 saturated heterocycles. The van der Waals surface area contributed by atoms with Crippen molar-refractivity contribution in [2.45, 2.75) is 58.7 Å². The van der Waals surface area contributed by atoms with Crippen LogP contribution < -0.4 is 0 Å². The van der Waals surface area contributed by atoms with Crippen molar-refractivity contribution >= 4 is 8.32 Å². The van der Waals surface area contributed by atoms with Gasteiger partial charge in [0.25, 0.3) is 0 Å². The largest absolute Gasteiger partial charge is 0.417 e. The summed E-state index contributed by atoms with van der Waals surface area (Å²) < 4.78 is 6.07. The van der Waals surface area contributed by atoms with Gasteiger partial charge in [0.05, 0.1) is 0 Å². The predicted octanol–water partition coefficient (Wildman–Crippen LogP) is 4.92. The SMILES string of the molecule is C=C(C)C/C=C/CCO[Si](C)(C)C(C)(C)C. The molecule has 0 aliphatic rings. The third kappa shape index (κ3) is 6.29. The van der Waals surface area contributed by atoms with Crippen molar-refractivity contribution in [2.24, 2.45) is 0 Å².